The number of hydrogen-bond donors (Lipinski definition) is 2. The van der Waals surface area contributed by atoms with E-state index in [1.807, 2.05) is 0 Å². The number of rotatable bonds is 6. The number of hydrogen-bond acceptors (Lipinski definition) is 3. The third kappa shape index (κ3) is 6.10. The number of nitrogens with two attached hydrogens (primary N) is 1. The van der Waals surface area contributed by atoms with Crippen LogP contribution < -0.4 is 11.2 Å². The molecule has 3 N–H and O–H groups in total. The summed E-state index contributed by atoms with van der Waals surface area (Å²) in [6, 6.07) is -0.520. The molecule has 0 bridgehead atoms. The molecule has 1 unspecified atom stereocenters. The van der Waals surface area contributed by atoms with Crippen LogP contribution in [0.5, 0.6) is 0 Å². The Morgan fingerprint density at radius 2 is 1.92 bits per heavy atom. The van der Waals surface area contributed by atoms with Gasteiger partial charge in [-0.05, 0) is 6.92 Å². The molecule has 1 amide bonds. The number of nitrogens with one attached hydrogen (secondary N) is 1. The minimum absolute atomic E-state index is 0.227. The van der Waals surface area contributed by atoms with Crippen molar-refractivity contribution in [3.05, 3.63) is 0 Å². The third-order valence-corrected chi connectivity index (χ3v) is 1.73. The van der Waals surface area contributed by atoms with Gasteiger partial charge in [0, 0.05) is 24.8 Å². The minimum Gasteiger partial charge on any atom is -0.320 e. The van der Waals surface area contributed by atoms with E-state index < -0.39 is 6.04 Å². The monoisotopic (exact) mass is 227 g/mol. The maximum absolute atomic E-state index is 11.1. The van der Waals surface area contributed by atoms with Crippen molar-refractivity contribution in [2.45, 2.75) is 13.0 Å². The van der Waals surface area contributed by atoms with Crippen LogP contribution in [0.2, 0.25) is 0 Å². The van der Waals surface area contributed by atoms with Gasteiger partial charge in [-0.2, -0.15) is 0 Å². The molecule has 0 rings (SSSR count). The summed E-state index contributed by atoms with van der Waals surface area (Å²) in [6.45, 7) is 2.74. The molecule has 6 heteroatoms. The summed E-state index contributed by atoms with van der Waals surface area (Å²) in [5, 5.41) is 1.66. The third-order valence-electron chi connectivity index (χ3n) is 1.39. The summed E-state index contributed by atoms with van der Waals surface area (Å²) >= 11 is 11.1. The van der Waals surface area contributed by atoms with Crippen molar-refractivity contribution in [2.24, 2.45) is 5.73 Å². The zero-order valence-electron chi connectivity index (χ0n) is 7.59. The van der Waals surface area contributed by atoms with Gasteiger partial charge in [0.2, 0.25) is 0 Å². The fourth-order valence-electron chi connectivity index (χ4n) is 0.685. The quantitative estimate of drug-likeness (QED) is 0.502. The Bertz CT molecular complexity index is 149. The number of alkyl halides is 2. The van der Waals surface area contributed by atoms with Gasteiger partial charge in [0.15, 0.2) is 0 Å². The Labute approximate surface area is 88.3 Å². The van der Waals surface area contributed by atoms with E-state index in [0.717, 1.165) is 0 Å². The predicted molar refractivity (Wildman–Crippen MR) is 54.8 cm³/mol. The predicted octanol–water partition coefficient (Wildman–Crippen LogP) is 0.144. The average Bonchev–Trinajstić information content (AvgIpc) is 2.05. The molecule has 0 aromatic carbocycles. The topological polar surface area (TPSA) is 58.4 Å². The first-order valence-corrected chi connectivity index (χ1v) is 5.11. The van der Waals surface area contributed by atoms with Crippen LogP contribution in [0.4, 0.5) is 0 Å². The van der Waals surface area contributed by atoms with Crippen LogP contribution >= 0.6 is 23.2 Å². The fraction of sp³-hybridized carbons (Fsp3) is 0.857. The SMILES string of the molecule is CC(N)C(=O)NN(CCCl)CCCl. The first kappa shape index (κ1) is 13.0. The second kappa shape index (κ2) is 7.38. The highest BCUT2D eigenvalue weighted by atomic mass is 35.5. The standard InChI is InChI=1S/C7H15Cl2N3O/c1-6(10)7(13)11-12(4-2-8)5-3-9/h6H,2-5,10H2,1H3,(H,11,13). The van der Waals surface area contributed by atoms with Crippen molar-refractivity contribution in [3.63, 3.8) is 0 Å². The number of carbonyl (C=O) groups excluding carboxylic acids is 1. The van der Waals surface area contributed by atoms with E-state index in [9.17, 15) is 4.79 Å². The Morgan fingerprint density at radius 3 is 2.23 bits per heavy atom. The van der Waals surface area contributed by atoms with Crippen LogP contribution in [0.3, 0.4) is 0 Å². The molecule has 1 atom stereocenters. The van der Waals surface area contributed by atoms with E-state index >= 15 is 0 Å². The Kier molecular flexibility index (Phi) is 7.36. The summed E-state index contributed by atoms with van der Waals surface area (Å²) in [6.07, 6.45) is 0. The van der Waals surface area contributed by atoms with Gasteiger partial charge in [-0.3, -0.25) is 10.2 Å². The van der Waals surface area contributed by atoms with Crippen LogP contribution in [0.25, 0.3) is 0 Å². The van der Waals surface area contributed by atoms with Crippen LogP contribution in [0, 0.1) is 0 Å². The second-order valence-corrected chi connectivity index (χ2v) is 3.39. The van der Waals surface area contributed by atoms with Gasteiger partial charge in [0.25, 0.3) is 5.91 Å². The van der Waals surface area contributed by atoms with E-state index in [0.29, 0.717) is 24.8 Å². The molecule has 0 saturated carbocycles. The van der Waals surface area contributed by atoms with E-state index in [-0.39, 0.29) is 5.91 Å². The Morgan fingerprint density at radius 1 is 1.46 bits per heavy atom. The van der Waals surface area contributed by atoms with Crippen molar-refractivity contribution >= 4 is 29.1 Å². The molecule has 0 spiro atoms. The maximum atomic E-state index is 11.1. The molecule has 13 heavy (non-hydrogen) atoms. The van der Waals surface area contributed by atoms with E-state index in [1.165, 1.54) is 0 Å². The van der Waals surface area contributed by atoms with Gasteiger partial charge in [-0.25, -0.2) is 5.01 Å². The average molecular weight is 228 g/mol. The maximum Gasteiger partial charge on any atom is 0.250 e. The normalized spacial score (nSPS) is 13.0. The molecule has 0 aromatic heterocycles. The van der Waals surface area contributed by atoms with E-state index in [4.69, 9.17) is 28.9 Å². The largest absolute Gasteiger partial charge is 0.320 e. The summed E-state index contributed by atoms with van der Waals surface area (Å²) < 4.78 is 0. The molecule has 0 fully saturated rings. The summed E-state index contributed by atoms with van der Waals surface area (Å²) in [5.74, 6) is 0.655. The van der Waals surface area contributed by atoms with Crippen LogP contribution in [0.1, 0.15) is 6.92 Å². The highest BCUT2D eigenvalue weighted by Gasteiger charge is 2.11. The number of halogens is 2. The van der Waals surface area contributed by atoms with Gasteiger partial charge in [-0.1, -0.05) is 0 Å². The van der Waals surface area contributed by atoms with Crippen LogP contribution in [0.15, 0.2) is 0 Å². The van der Waals surface area contributed by atoms with Gasteiger partial charge in [-0.15, -0.1) is 23.2 Å². The van der Waals surface area contributed by atoms with Crippen molar-refractivity contribution in [2.75, 3.05) is 24.8 Å². The molecule has 0 aliphatic carbocycles. The molecular formula is C7H15Cl2N3O. The smallest absolute Gasteiger partial charge is 0.250 e. The lowest BCUT2D eigenvalue weighted by atomic mass is 10.3. The summed E-state index contributed by atoms with van der Waals surface area (Å²) in [4.78, 5) is 11.1. The highest BCUT2D eigenvalue weighted by Crippen LogP contribution is 1.88. The first-order valence-electron chi connectivity index (χ1n) is 4.04. The highest BCUT2D eigenvalue weighted by molar-refractivity contribution is 6.18. The molecule has 0 radical (unpaired) electrons. The zero-order chi connectivity index (χ0) is 10.3. The molecule has 0 heterocycles. The lowest BCUT2D eigenvalue weighted by Gasteiger charge is -2.21. The second-order valence-electron chi connectivity index (χ2n) is 2.63. The lowest BCUT2D eigenvalue weighted by molar-refractivity contribution is -0.126. The Hall–Kier alpha value is -0.0300. The number of carbonyl (C=O) groups is 1. The van der Waals surface area contributed by atoms with Gasteiger partial charge in [0.1, 0.15) is 0 Å². The van der Waals surface area contributed by atoms with Gasteiger partial charge < -0.3 is 5.73 Å². The molecule has 0 aliphatic rings. The van der Waals surface area contributed by atoms with E-state index in [2.05, 4.69) is 5.43 Å². The van der Waals surface area contributed by atoms with Gasteiger partial charge in [0.05, 0.1) is 6.04 Å². The summed E-state index contributed by atoms with van der Waals surface area (Å²) in [7, 11) is 0. The van der Waals surface area contributed by atoms with Crippen molar-refractivity contribution in [1.82, 2.24) is 10.4 Å². The first-order chi connectivity index (χ1) is 6.11. The number of hydrazine groups is 1. The minimum atomic E-state index is -0.520. The zero-order valence-corrected chi connectivity index (χ0v) is 9.11. The molecule has 0 aliphatic heterocycles. The van der Waals surface area contributed by atoms with Gasteiger partial charge >= 0.3 is 0 Å². The summed E-state index contributed by atoms with van der Waals surface area (Å²) in [5.41, 5.74) is 7.99. The molecule has 0 saturated heterocycles. The number of amides is 1. The molecular weight excluding hydrogens is 213 g/mol. The van der Waals surface area contributed by atoms with Crippen molar-refractivity contribution in [1.29, 1.82) is 0 Å². The number of nitrogens with zero attached hydrogens (tertiary/aromatic N) is 1. The fourth-order valence-corrected chi connectivity index (χ4v) is 1.09. The van der Waals surface area contributed by atoms with Crippen molar-refractivity contribution < 1.29 is 4.79 Å². The van der Waals surface area contributed by atoms with Crippen LogP contribution in [-0.2, 0) is 4.79 Å². The van der Waals surface area contributed by atoms with Crippen LogP contribution in [-0.4, -0.2) is 41.8 Å². The Balaban J connectivity index is 3.86. The molecule has 4 nitrogen and oxygen atoms in total. The molecule has 78 valence electrons. The lowest BCUT2D eigenvalue weighted by Crippen LogP contribution is -2.49. The van der Waals surface area contributed by atoms with E-state index in [1.54, 1.807) is 11.9 Å². The van der Waals surface area contributed by atoms with Crippen molar-refractivity contribution in [3.8, 4) is 0 Å². The molecule has 0 aromatic rings.